The summed E-state index contributed by atoms with van der Waals surface area (Å²) in [5.41, 5.74) is 1.79. The van der Waals surface area contributed by atoms with Crippen LogP contribution in [0, 0.1) is 0 Å². The minimum absolute atomic E-state index is 0.0477. The summed E-state index contributed by atoms with van der Waals surface area (Å²) in [6.45, 7) is 5.14. The van der Waals surface area contributed by atoms with Crippen LogP contribution in [0.2, 0.25) is 0 Å². The molecule has 138 valence electrons. The zero-order chi connectivity index (χ0) is 18.4. The number of hydrogen-bond donors (Lipinski definition) is 1. The smallest absolute Gasteiger partial charge is 0.251 e. The molecular formula is C21H25NO3S. The van der Waals surface area contributed by atoms with Crippen LogP contribution in [0.3, 0.4) is 0 Å². The van der Waals surface area contributed by atoms with Crippen LogP contribution in [0.25, 0.3) is 0 Å². The molecule has 1 heterocycles. The third-order valence-corrected chi connectivity index (χ3v) is 5.35. The lowest BCUT2D eigenvalue weighted by molar-refractivity contribution is 0.0934. The predicted octanol–water partition coefficient (Wildman–Crippen LogP) is 4.84. The summed E-state index contributed by atoms with van der Waals surface area (Å²) in [5, 5.41) is 3.17. The van der Waals surface area contributed by atoms with Crippen LogP contribution in [-0.4, -0.2) is 24.9 Å². The number of carbonyl (C=O) groups excluding carboxylic acids is 1. The number of thioether (sulfide) groups is 1. The molecule has 0 unspecified atom stereocenters. The number of carbonyl (C=O) groups is 1. The zero-order valence-corrected chi connectivity index (χ0v) is 16.1. The van der Waals surface area contributed by atoms with E-state index < -0.39 is 0 Å². The van der Waals surface area contributed by atoms with Crippen molar-refractivity contribution in [1.29, 1.82) is 0 Å². The first-order valence-electron chi connectivity index (χ1n) is 9.15. The van der Waals surface area contributed by atoms with Crippen molar-refractivity contribution < 1.29 is 14.3 Å². The standard InChI is InChI=1S/C21H25NO3S/c1-3-12-25-18-10-9-15(14-19(18)24-4-2)21(23)22-17-11-13-26-20-8-6-5-7-16(17)20/h5-10,14,17H,3-4,11-13H2,1-2H3,(H,22,23)/t17-/m0/s1. The molecule has 3 rings (SSSR count). The first-order valence-corrected chi connectivity index (χ1v) is 10.1. The summed E-state index contributed by atoms with van der Waals surface area (Å²) in [6, 6.07) is 13.7. The fourth-order valence-electron chi connectivity index (χ4n) is 2.98. The molecule has 1 aliphatic heterocycles. The molecule has 0 radical (unpaired) electrons. The number of benzene rings is 2. The van der Waals surface area contributed by atoms with Gasteiger partial charge < -0.3 is 14.8 Å². The Kier molecular flexibility index (Phi) is 6.45. The highest BCUT2D eigenvalue weighted by atomic mass is 32.2. The maximum atomic E-state index is 12.8. The first-order chi connectivity index (χ1) is 12.7. The molecule has 5 heteroatoms. The molecule has 1 aliphatic rings. The molecule has 26 heavy (non-hydrogen) atoms. The number of amides is 1. The molecule has 0 saturated carbocycles. The molecule has 0 saturated heterocycles. The minimum atomic E-state index is -0.0836. The molecule has 0 bridgehead atoms. The van der Waals surface area contributed by atoms with E-state index in [0.29, 0.717) is 30.3 Å². The summed E-state index contributed by atoms with van der Waals surface area (Å²) in [4.78, 5) is 14.0. The van der Waals surface area contributed by atoms with Gasteiger partial charge in [0.25, 0.3) is 5.91 Å². The molecule has 0 aromatic heterocycles. The molecule has 1 atom stereocenters. The van der Waals surface area contributed by atoms with E-state index in [-0.39, 0.29) is 11.9 Å². The molecule has 2 aromatic rings. The predicted molar refractivity (Wildman–Crippen MR) is 105 cm³/mol. The van der Waals surface area contributed by atoms with E-state index in [4.69, 9.17) is 9.47 Å². The number of fused-ring (bicyclic) bond motifs is 1. The summed E-state index contributed by atoms with van der Waals surface area (Å²) in [6.07, 6.45) is 1.86. The highest BCUT2D eigenvalue weighted by Gasteiger charge is 2.23. The molecule has 0 fully saturated rings. The minimum Gasteiger partial charge on any atom is -0.490 e. The van der Waals surface area contributed by atoms with Gasteiger partial charge in [-0.3, -0.25) is 4.79 Å². The van der Waals surface area contributed by atoms with Crippen LogP contribution in [0.5, 0.6) is 11.5 Å². The zero-order valence-electron chi connectivity index (χ0n) is 15.3. The molecule has 1 amide bonds. The Balaban J connectivity index is 1.77. The van der Waals surface area contributed by atoms with Crippen molar-refractivity contribution >= 4 is 17.7 Å². The summed E-state index contributed by atoms with van der Waals surface area (Å²) >= 11 is 1.85. The fourth-order valence-corrected chi connectivity index (χ4v) is 4.11. The highest BCUT2D eigenvalue weighted by molar-refractivity contribution is 7.99. The van der Waals surface area contributed by atoms with Crippen LogP contribution >= 0.6 is 11.8 Å². The quantitative estimate of drug-likeness (QED) is 0.756. The van der Waals surface area contributed by atoms with Crippen LogP contribution in [0.15, 0.2) is 47.4 Å². The van der Waals surface area contributed by atoms with Crippen molar-refractivity contribution in [2.24, 2.45) is 0 Å². The average Bonchev–Trinajstić information content (AvgIpc) is 2.67. The normalized spacial score (nSPS) is 15.8. The van der Waals surface area contributed by atoms with Gasteiger partial charge >= 0.3 is 0 Å². The van der Waals surface area contributed by atoms with Crippen LogP contribution in [0.1, 0.15) is 48.7 Å². The van der Waals surface area contributed by atoms with Gasteiger partial charge in [0.05, 0.1) is 19.3 Å². The van der Waals surface area contributed by atoms with Gasteiger partial charge in [-0.1, -0.05) is 25.1 Å². The van der Waals surface area contributed by atoms with Crippen molar-refractivity contribution in [3.63, 3.8) is 0 Å². The third kappa shape index (κ3) is 4.33. The number of hydrogen-bond acceptors (Lipinski definition) is 4. The summed E-state index contributed by atoms with van der Waals surface area (Å²) < 4.78 is 11.4. The van der Waals surface area contributed by atoms with Gasteiger partial charge in [-0.05, 0) is 49.6 Å². The topological polar surface area (TPSA) is 47.6 Å². The molecular weight excluding hydrogens is 346 g/mol. The Morgan fingerprint density at radius 1 is 1.15 bits per heavy atom. The van der Waals surface area contributed by atoms with E-state index in [1.54, 1.807) is 12.1 Å². The summed E-state index contributed by atoms with van der Waals surface area (Å²) in [5.74, 6) is 2.23. The van der Waals surface area contributed by atoms with Gasteiger partial charge in [0.2, 0.25) is 0 Å². The van der Waals surface area contributed by atoms with Crippen LogP contribution in [-0.2, 0) is 0 Å². The molecule has 1 N–H and O–H groups in total. The number of nitrogens with one attached hydrogen (secondary N) is 1. The van der Waals surface area contributed by atoms with Crippen LogP contribution < -0.4 is 14.8 Å². The van der Waals surface area contributed by atoms with E-state index in [1.807, 2.05) is 36.9 Å². The summed E-state index contributed by atoms with van der Waals surface area (Å²) in [7, 11) is 0. The first kappa shape index (κ1) is 18.6. The number of ether oxygens (including phenoxy) is 2. The Labute approximate surface area is 159 Å². The SMILES string of the molecule is CCCOc1ccc(C(=O)N[C@H]2CCSc3ccccc32)cc1OCC. The van der Waals surface area contributed by atoms with Gasteiger partial charge in [0.1, 0.15) is 0 Å². The lowest BCUT2D eigenvalue weighted by atomic mass is 10.0. The lowest BCUT2D eigenvalue weighted by Crippen LogP contribution is -2.30. The lowest BCUT2D eigenvalue weighted by Gasteiger charge is -2.26. The van der Waals surface area contributed by atoms with Crippen molar-refractivity contribution in [3.8, 4) is 11.5 Å². The Morgan fingerprint density at radius 2 is 2.00 bits per heavy atom. The van der Waals surface area contributed by atoms with Gasteiger partial charge in [-0.25, -0.2) is 0 Å². The Hall–Kier alpha value is -2.14. The second-order valence-corrected chi connectivity index (χ2v) is 7.28. The molecule has 4 nitrogen and oxygen atoms in total. The van der Waals surface area contributed by atoms with Crippen molar-refractivity contribution in [2.45, 2.75) is 37.6 Å². The second-order valence-electron chi connectivity index (χ2n) is 6.14. The van der Waals surface area contributed by atoms with E-state index in [0.717, 1.165) is 18.6 Å². The third-order valence-electron chi connectivity index (χ3n) is 4.23. The monoisotopic (exact) mass is 371 g/mol. The van der Waals surface area contributed by atoms with Gasteiger partial charge in [0, 0.05) is 16.2 Å². The van der Waals surface area contributed by atoms with Gasteiger partial charge in [-0.2, -0.15) is 0 Å². The fraction of sp³-hybridized carbons (Fsp3) is 0.381. The van der Waals surface area contributed by atoms with Crippen molar-refractivity contribution in [2.75, 3.05) is 19.0 Å². The van der Waals surface area contributed by atoms with E-state index >= 15 is 0 Å². The van der Waals surface area contributed by atoms with Gasteiger partial charge in [0.15, 0.2) is 11.5 Å². The van der Waals surface area contributed by atoms with Crippen molar-refractivity contribution in [3.05, 3.63) is 53.6 Å². The highest BCUT2D eigenvalue weighted by Crippen LogP contribution is 2.36. The Bertz CT molecular complexity index is 763. The molecule has 0 aliphatic carbocycles. The maximum absolute atomic E-state index is 12.8. The largest absolute Gasteiger partial charge is 0.490 e. The number of rotatable bonds is 7. The Morgan fingerprint density at radius 3 is 2.81 bits per heavy atom. The second kappa shape index (κ2) is 8.99. The van der Waals surface area contributed by atoms with E-state index in [1.165, 1.54) is 10.5 Å². The van der Waals surface area contributed by atoms with Crippen molar-refractivity contribution in [1.82, 2.24) is 5.32 Å². The van der Waals surface area contributed by atoms with Crippen LogP contribution in [0.4, 0.5) is 0 Å². The molecule has 0 spiro atoms. The van der Waals surface area contributed by atoms with E-state index in [2.05, 4.69) is 24.4 Å². The molecule has 2 aromatic carbocycles. The maximum Gasteiger partial charge on any atom is 0.251 e. The van der Waals surface area contributed by atoms with E-state index in [9.17, 15) is 4.79 Å². The van der Waals surface area contributed by atoms with Gasteiger partial charge in [-0.15, -0.1) is 11.8 Å². The average molecular weight is 372 g/mol.